The number of guanidine groups is 1. The molecule has 0 fully saturated rings. The van der Waals surface area contributed by atoms with Gasteiger partial charge < -0.3 is 30.2 Å². The predicted octanol–water partition coefficient (Wildman–Crippen LogP) is 2.92. The Bertz CT molecular complexity index is 849. The van der Waals surface area contributed by atoms with Gasteiger partial charge in [0.1, 0.15) is 0 Å². The number of halogens is 1. The number of hydrogen-bond acceptors (Lipinski definition) is 5. The normalized spacial score (nSPS) is 10.5. The zero-order valence-electron chi connectivity index (χ0n) is 17.9. The van der Waals surface area contributed by atoms with Crippen molar-refractivity contribution in [3.8, 4) is 17.2 Å². The Balaban J connectivity index is 0.00000450. The monoisotopic (exact) mass is 528 g/mol. The first-order chi connectivity index (χ1) is 14.1. The van der Waals surface area contributed by atoms with E-state index in [1.54, 1.807) is 53.6 Å². The standard InChI is InChI=1S/C21H28N4O4.HI/c1-22-20(26)15-8-6-7-14(11-15)9-10-24-21(23-2)25-16-12-17(27-3)19(29-5)18(13-16)28-4;/h6-8,11-13H,9-10H2,1-5H3,(H,22,26)(H2,23,24,25);1H. The maximum atomic E-state index is 11.8. The molecule has 0 bridgehead atoms. The smallest absolute Gasteiger partial charge is 0.251 e. The third-order valence-electron chi connectivity index (χ3n) is 4.27. The summed E-state index contributed by atoms with van der Waals surface area (Å²) >= 11 is 0. The largest absolute Gasteiger partial charge is 0.493 e. The van der Waals surface area contributed by atoms with E-state index in [1.807, 2.05) is 18.2 Å². The molecule has 0 aliphatic carbocycles. The second-order valence-electron chi connectivity index (χ2n) is 6.07. The van der Waals surface area contributed by atoms with Crippen LogP contribution in [0, 0.1) is 0 Å². The summed E-state index contributed by atoms with van der Waals surface area (Å²) in [6.07, 6.45) is 0.737. The summed E-state index contributed by atoms with van der Waals surface area (Å²) in [6.45, 7) is 0.640. The maximum absolute atomic E-state index is 11.8. The molecule has 3 N–H and O–H groups in total. The molecule has 0 heterocycles. The summed E-state index contributed by atoms with van der Waals surface area (Å²) in [5.74, 6) is 2.13. The molecule has 0 radical (unpaired) electrons. The number of benzene rings is 2. The van der Waals surface area contributed by atoms with Crippen molar-refractivity contribution >= 4 is 41.5 Å². The molecule has 1 amide bonds. The van der Waals surface area contributed by atoms with Gasteiger partial charge in [0, 0.05) is 44.0 Å². The van der Waals surface area contributed by atoms with E-state index >= 15 is 0 Å². The van der Waals surface area contributed by atoms with Crippen LogP contribution in [0.1, 0.15) is 15.9 Å². The Morgan fingerprint density at radius 1 is 1.03 bits per heavy atom. The molecule has 164 valence electrons. The van der Waals surface area contributed by atoms with Gasteiger partial charge in [-0.05, 0) is 24.1 Å². The van der Waals surface area contributed by atoms with Crippen molar-refractivity contribution in [1.29, 1.82) is 0 Å². The minimum atomic E-state index is -0.0975. The van der Waals surface area contributed by atoms with Crippen molar-refractivity contribution in [2.75, 3.05) is 47.3 Å². The summed E-state index contributed by atoms with van der Waals surface area (Å²) in [7, 11) is 8.02. The van der Waals surface area contributed by atoms with Crippen LogP contribution in [0.15, 0.2) is 41.4 Å². The molecule has 0 spiro atoms. The number of nitrogens with one attached hydrogen (secondary N) is 3. The lowest BCUT2D eigenvalue weighted by Crippen LogP contribution is -2.32. The third-order valence-corrected chi connectivity index (χ3v) is 4.27. The second kappa shape index (κ2) is 12.8. The molecule has 0 saturated carbocycles. The molecule has 9 heteroatoms. The molecular formula is C21H29IN4O4. The van der Waals surface area contributed by atoms with E-state index < -0.39 is 0 Å². The van der Waals surface area contributed by atoms with Crippen LogP contribution >= 0.6 is 24.0 Å². The molecule has 0 atom stereocenters. The quantitative estimate of drug-likeness (QED) is 0.277. The zero-order valence-corrected chi connectivity index (χ0v) is 20.2. The highest BCUT2D eigenvalue weighted by Crippen LogP contribution is 2.39. The molecule has 30 heavy (non-hydrogen) atoms. The van der Waals surface area contributed by atoms with Crippen LogP contribution in [-0.4, -0.2) is 53.8 Å². The molecule has 0 aromatic heterocycles. The van der Waals surface area contributed by atoms with Gasteiger partial charge >= 0.3 is 0 Å². The SMILES string of the molecule is CN=C(NCCc1cccc(C(=O)NC)c1)Nc1cc(OC)c(OC)c(OC)c1.I. The molecule has 8 nitrogen and oxygen atoms in total. The lowest BCUT2D eigenvalue weighted by atomic mass is 10.1. The topological polar surface area (TPSA) is 93.2 Å². The molecule has 2 aromatic rings. The minimum absolute atomic E-state index is 0. The van der Waals surface area contributed by atoms with Crippen LogP contribution in [0.2, 0.25) is 0 Å². The molecule has 0 aliphatic heterocycles. The van der Waals surface area contributed by atoms with Gasteiger partial charge in [-0.3, -0.25) is 9.79 Å². The average molecular weight is 528 g/mol. The summed E-state index contributed by atoms with van der Waals surface area (Å²) in [5.41, 5.74) is 2.45. The molecule has 2 aromatic carbocycles. The first-order valence-corrected chi connectivity index (χ1v) is 9.15. The van der Waals surface area contributed by atoms with E-state index in [0.717, 1.165) is 17.7 Å². The first kappa shape index (κ1) is 25.3. The van der Waals surface area contributed by atoms with Gasteiger partial charge in [-0.15, -0.1) is 24.0 Å². The Hall–Kier alpha value is -2.69. The molecule has 0 saturated heterocycles. The number of carbonyl (C=O) groups excluding carboxylic acids is 1. The zero-order chi connectivity index (χ0) is 21.2. The number of amides is 1. The Kier molecular flexibility index (Phi) is 10.8. The van der Waals surface area contributed by atoms with Crippen LogP contribution < -0.4 is 30.2 Å². The molecule has 0 unspecified atom stereocenters. The van der Waals surface area contributed by atoms with Crippen molar-refractivity contribution in [3.05, 3.63) is 47.5 Å². The predicted molar refractivity (Wildman–Crippen MR) is 130 cm³/mol. The fourth-order valence-corrected chi connectivity index (χ4v) is 2.81. The van der Waals surface area contributed by atoms with Crippen LogP contribution in [0.4, 0.5) is 5.69 Å². The second-order valence-corrected chi connectivity index (χ2v) is 6.07. The van der Waals surface area contributed by atoms with Crippen molar-refractivity contribution < 1.29 is 19.0 Å². The lowest BCUT2D eigenvalue weighted by Gasteiger charge is -2.16. The van der Waals surface area contributed by atoms with E-state index in [-0.39, 0.29) is 29.9 Å². The van der Waals surface area contributed by atoms with E-state index in [1.165, 1.54) is 0 Å². The summed E-state index contributed by atoms with van der Waals surface area (Å²) in [4.78, 5) is 16.0. The third kappa shape index (κ3) is 6.68. The van der Waals surface area contributed by atoms with Crippen molar-refractivity contribution in [3.63, 3.8) is 0 Å². The summed E-state index contributed by atoms with van der Waals surface area (Å²) in [5, 5.41) is 9.10. The van der Waals surface area contributed by atoms with Crippen molar-refractivity contribution in [2.24, 2.45) is 4.99 Å². The minimum Gasteiger partial charge on any atom is -0.493 e. The highest BCUT2D eigenvalue weighted by atomic mass is 127. The fraction of sp³-hybridized carbons (Fsp3) is 0.333. The van der Waals surface area contributed by atoms with Gasteiger partial charge in [0.05, 0.1) is 21.3 Å². The van der Waals surface area contributed by atoms with Gasteiger partial charge in [0.15, 0.2) is 17.5 Å². The van der Waals surface area contributed by atoms with Crippen LogP contribution in [0.5, 0.6) is 17.2 Å². The fourth-order valence-electron chi connectivity index (χ4n) is 2.81. The molecule has 0 aliphatic rings. The van der Waals surface area contributed by atoms with Crippen molar-refractivity contribution in [2.45, 2.75) is 6.42 Å². The van der Waals surface area contributed by atoms with E-state index in [2.05, 4.69) is 20.9 Å². The van der Waals surface area contributed by atoms with Crippen LogP contribution in [0.3, 0.4) is 0 Å². The number of hydrogen-bond donors (Lipinski definition) is 3. The number of aliphatic imine (C=N–C) groups is 1. The van der Waals surface area contributed by atoms with Gasteiger partial charge in [0.25, 0.3) is 5.91 Å². The van der Waals surface area contributed by atoms with E-state index in [4.69, 9.17) is 14.2 Å². The van der Waals surface area contributed by atoms with E-state index in [0.29, 0.717) is 35.3 Å². The average Bonchev–Trinajstić information content (AvgIpc) is 2.77. The maximum Gasteiger partial charge on any atom is 0.251 e. The Morgan fingerprint density at radius 3 is 2.23 bits per heavy atom. The first-order valence-electron chi connectivity index (χ1n) is 9.15. The number of carbonyl (C=O) groups is 1. The number of anilines is 1. The number of rotatable bonds is 8. The summed E-state index contributed by atoms with van der Waals surface area (Å²) < 4.78 is 16.1. The van der Waals surface area contributed by atoms with Crippen LogP contribution in [0.25, 0.3) is 0 Å². The number of ether oxygens (including phenoxy) is 3. The van der Waals surface area contributed by atoms with E-state index in [9.17, 15) is 4.79 Å². The highest BCUT2D eigenvalue weighted by molar-refractivity contribution is 14.0. The summed E-state index contributed by atoms with van der Waals surface area (Å²) in [6, 6.07) is 11.2. The van der Waals surface area contributed by atoms with Gasteiger partial charge in [-0.1, -0.05) is 12.1 Å². The number of nitrogens with zero attached hydrogens (tertiary/aromatic N) is 1. The Morgan fingerprint density at radius 2 is 1.70 bits per heavy atom. The molecular weight excluding hydrogens is 499 g/mol. The van der Waals surface area contributed by atoms with Crippen LogP contribution in [-0.2, 0) is 6.42 Å². The van der Waals surface area contributed by atoms with Gasteiger partial charge in [-0.25, -0.2) is 0 Å². The highest BCUT2D eigenvalue weighted by Gasteiger charge is 2.14. The number of methoxy groups -OCH3 is 3. The Labute approximate surface area is 194 Å². The lowest BCUT2D eigenvalue weighted by molar-refractivity contribution is 0.0963. The van der Waals surface area contributed by atoms with Gasteiger partial charge in [-0.2, -0.15) is 0 Å². The molecule has 2 rings (SSSR count). The van der Waals surface area contributed by atoms with Crippen molar-refractivity contribution in [1.82, 2.24) is 10.6 Å². The van der Waals surface area contributed by atoms with Gasteiger partial charge in [0.2, 0.25) is 5.75 Å².